The van der Waals surface area contributed by atoms with Gasteiger partial charge < -0.3 is 19.1 Å². The first-order valence-electron chi connectivity index (χ1n) is 8.21. The number of carbonyl (C=O) groups is 1. The predicted octanol–water partition coefficient (Wildman–Crippen LogP) is 0.292. The Bertz CT molecular complexity index is 839. The third-order valence-electron chi connectivity index (χ3n) is 4.21. The van der Waals surface area contributed by atoms with Gasteiger partial charge in [-0.2, -0.15) is 0 Å². The van der Waals surface area contributed by atoms with Crippen LogP contribution in [0.3, 0.4) is 0 Å². The lowest BCUT2D eigenvalue weighted by Crippen LogP contribution is -2.50. The second-order valence-electron chi connectivity index (χ2n) is 6.15. The lowest BCUT2D eigenvalue weighted by atomic mass is 10.2. The van der Waals surface area contributed by atoms with Crippen molar-refractivity contribution in [2.75, 3.05) is 38.2 Å². The van der Waals surface area contributed by atoms with Gasteiger partial charge in [-0.1, -0.05) is 0 Å². The fourth-order valence-corrected chi connectivity index (χ4v) is 2.82. The summed E-state index contributed by atoms with van der Waals surface area (Å²) >= 11 is 0. The maximum Gasteiger partial charge on any atom is 0.293 e. The Kier molecular flexibility index (Phi) is 5.27. The van der Waals surface area contributed by atoms with Crippen molar-refractivity contribution in [3.63, 3.8) is 0 Å². The average Bonchev–Trinajstić information content (AvgIpc) is 2.64. The number of aryl methyl sites for hydroxylation is 1. The molecule has 9 heteroatoms. The molecule has 0 N–H and O–H groups in total. The zero-order chi connectivity index (χ0) is 18.7. The Morgan fingerprint density at radius 1 is 1.42 bits per heavy atom. The molecule has 2 aromatic rings. The Hall–Kier alpha value is -2.81. The first-order chi connectivity index (χ1) is 12.5. The quantitative estimate of drug-likeness (QED) is 0.779. The number of halogens is 1. The van der Waals surface area contributed by atoms with Crippen LogP contribution in [0.1, 0.15) is 10.5 Å². The molecule has 3 heterocycles. The van der Waals surface area contributed by atoms with Crippen molar-refractivity contribution in [2.45, 2.75) is 6.10 Å². The number of hydrogen-bond acceptors (Lipinski definition) is 6. The number of likely N-dealkylation sites (N-methyl/N-ethyl adjacent to an activating group) is 1. The predicted molar refractivity (Wildman–Crippen MR) is 92.6 cm³/mol. The van der Waals surface area contributed by atoms with E-state index >= 15 is 0 Å². The summed E-state index contributed by atoms with van der Waals surface area (Å²) in [4.78, 5) is 36.0. The highest BCUT2D eigenvalue weighted by Crippen LogP contribution is 2.12. The van der Waals surface area contributed by atoms with Gasteiger partial charge >= 0.3 is 0 Å². The van der Waals surface area contributed by atoms with Gasteiger partial charge in [0.2, 0.25) is 0 Å². The number of carbonyl (C=O) groups excluding carboxylic acids is 1. The van der Waals surface area contributed by atoms with Crippen LogP contribution in [0.15, 0.2) is 35.5 Å². The molecule has 0 saturated carbocycles. The largest absolute Gasteiger partial charge is 0.373 e. The van der Waals surface area contributed by atoms with E-state index in [0.29, 0.717) is 32.1 Å². The van der Waals surface area contributed by atoms with Gasteiger partial charge in [0.05, 0.1) is 18.9 Å². The van der Waals surface area contributed by atoms with E-state index < -0.39 is 5.82 Å². The normalized spacial score (nSPS) is 17.2. The van der Waals surface area contributed by atoms with Crippen LogP contribution >= 0.6 is 0 Å². The van der Waals surface area contributed by atoms with Gasteiger partial charge in [0.1, 0.15) is 11.5 Å². The van der Waals surface area contributed by atoms with Gasteiger partial charge in [-0.05, 0) is 12.1 Å². The molecule has 0 bridgehead atoms. The van der Waals surface area contributed by atoms with Gasteiger partial charge in [-0.3, -0.25) is 9.59 Å². The van der Waals surface area contributed by atoms with E-state index in [1.807, 2.05) is 0 Å². The van der Waals surface area contributed by atoms with Crippen LogP contribution in [0.4, 0.5) is 10.2 Å². The molecule has 3 rings (SSSR count). The van der Waals surface area contributed by atoms with E-state index in [0.717, 1.165) is 6.20 Å². The Morgan fingerprint density at radius 2 is 2.23 bits per heavy atom. The Morgan fingerprint density at radius 3 is 2.96 bits per heavy atom. The van der Waals surface area contributed by atoms with Crippen LogP contribution in [-0.4, -0.2) is 64.7 Å². The fourth-order valence-electron chi connectivity index (χ4n) is 2.82. The molecule has 0 radical (unpaired) electrons. The number of amides is 1. The fraction of sp³-hybridized carbons (Fsp3) is 0.412. The highest BCUT2D eigenvalue weighted by molar-refractivity contribution is 5.92. The summed E-state index contributed by atoms with van der Waals surface area (Å²) in [6, 6.07) is 2.58. The number of pyridine rings is 1. The summed E-state index contributed by atoms with van der Waals surface area (Å²) in [5, 5.41) is 0. The second kappa shape index (κ2) is 7.61. The molecule has 1 unspecified atom stereocenters. The third kappa shape index (κ3) is 3.88. The van der Waals surface area contributed by atoms with E-state index in [1.165, 1.54) is 16.7 Å². The first-order valence-corrected chi connectivity index (χ1v) is 8.21. The summed E-state index contributed by atoms with van der Waals surface area (Å²) in [6.07, 6.45) is 3.90. The molecular weight excluding hydrogens is 341 g/mol. The molecule has 1 atom stereocenters. The van der Waals surface area contributed by atoms with Gasteiger partial charge in [0.15, 0.2) is 5.82 Å². The van der Waals surface area contributed by atoms with E-state index in [-0.39, 0.29) is 23.3 Å². The summed E-state index contributed by atoms with van der Waals surface area (Å²) in [6.45, 7) is 1.58. The molecular formula is C17H20FN5O3. The van der Waals surface area contributed by atoms with Gasteiger partial charge in [0.25, 0.3) is 11.5 Å². The van der Waals surface area contributed by atoms with Crippen LogP contribution in [0, 0.1) is 5.82 Å². The topological polar surface area (TPSA) is 80.6 Å². The molecule has 8 nitrogen and oxygen atoms in total. The average molecular weight is 361 g/mol. The molecule has 0 aromatic carbocycles. The number of anilines is 1. The number of rotatable bonds is 4. The zero-order valence-electron chi connectivity index (χ0n) is 14.6. The molecule has 2 aromatic heterocycles. The van der Waals surface area contributed by atoms with Gasteiger partial charge in [-0.25, -0.2) is 14.4 Å². The third-order valence-corrected chi connectivity index (χ3v) is 4.21. The lowest BCUT2D eigenvalue weighted by molar-refractivity contribution is -0.0174. The SMILES string of the molecule is CN(CC1CN(C(=O)c2ccc(F)cn2)CCO1)c1nccn(C)c1=O. The second-order valence-corrected chi connectivity index (χ2v) is 6.15. The molecule has 26 heavy (non-hydrogen) atoms. The summed E-state index contributed by atoms with van der Waals surface area (Å²) in [5.41, 5.74) is -0.00625. The van der Waals surface area contributed by atoms with Crippen molar-refractivity contribution in [2.24, 2.45) is 7.05 Å². The standard InChI is InChI=1S/C17H20FN5O3/c1-21-6-5-19-15(17(21)25)22(2)10-13-11-23(7-8-26-13)16(24)14-4-3-12(18)9-20-14/h3-6,9,13H,7-8,10-11H2,1-2H3. The van der Waals surface area contributed by atoms with Crippen molar-refractivity contribution in [1.29, 1.82) is 0 Å². The van der Waals surface area contributed by atoms with E-state index in [1.54, 1.807) is 36.3 Å². The van der Waals surface area contributed by atoms with Gasteiger partial charge in [0, 0.05) is 46.1 Å². The molecule has 1 amide bonds. The molecule has 1 aliphatic heterocycles. The Balaban J connectivity index is 1.66. The molecule has 0 aliphatic carbocycles. The maximum absolute atomic E-state index is 13.0. The van der Waals surface area contributed by atoms with Gasteiger partial charge in [-0.15, -0.1) is 0 Å². The minimum atomic E-state index is -0.486. The number of nitrogens with zero attached hydrogens (tertiary/aromatic N) is 5. The number of morpholine rings is 1. The van der Waals surface area contributed by atoms with Crippen molar-refractivity contribution >= 4 is 11.7 Å². The van der Waals surface area contributed by atoms with E-state index in [4.69, 9.17) is 4.74 Å². The molecule has 0 spiro atoms. The number of aromatic nitrogens is 3. The van der Waals surface area contributed by atoms with Crippen LogP contribution in [0.5, 0.6) is 0 Å². The van der Waals surface area contributed by atoms with Crippen LogP contribution in [-0.2, 0) is 11.8 Å². The molecule has 1 saturated heterocycles. The van der Waals surface area contributed by atoms with E-state index in [2.05, 4.69) is 9.97 Å². The maximum atomic E-state index is 13.0. The van der Waals surface area contributed by atoms with E-state index in [9.17, 15) is 14.0 Å². The number of ether oxygens (including phenoxy) is 1. The summed E-state index contributed by atoms with van der Waals surface area (Å²) < 4.78 is 20.2. The highest BCUT2D eigenvalue weighted by atomic mass is 19.1. The van der Waals surface area contributed by atoms with Crippen molar-refractivity contribution in [3.05, 3.63) is 52.6 Å². The first kappa shape index (κ1) is 18.0. The summed E-state index contributed by atoms with van der Waals surface area (Å²) in [5.74, 6) is -0.433. The van der Waals surface area contributed by atoms with Crippen LogP contribution in [0.2, 0.25) is 0 Å². The number of hydrogen-bond donors (Lipinski definition) is 0. The van der Waals surface area contributed by atoms with Crippen LogP contribution < -0.4 is 10.5 Å². The minimum Gasteiger partial charge on any atom is -0.373 e. The highest BCUT2D eigenvalue weighted by Gasteiger charge is 2.27. The van der Waals surface area contributed by atoms with Crippen molar-refractivity contribution in [3.8, 4) is 0 Å². The Labute approximate surface area is 149 Å². The zero-order valence-corrected chi connectivity index (χ0v) is 14.6. The monoisotopic (exact) mass is 361 g/mol. The smallest absolute Gasteiger partial charge is 0.293 e. The molecule has 1 aliphatic rings. The van der Waals surface area contributed by atoms with Crippen molar-refractivity contribution in [1.82, 2.24) is 19.4 Å². The minimum absolute atomic E-state index is 0.194. The molecule has 138 valence electrons. The summed E-state index contributed by atoms with van der Waals surface area (Å²) in [7, 11) is 3.42. The van der Waals surface area contributed by atoms with Crippen LogP contribution in [0.25, 0.3) is 0 Å². The molecule has 1 fully saturated rings. The van der Waals surface area contributed by atoms with Crippen molar-refractivity contribution < 1.29 is 13.9 Å². The lowest BCUT2D eigenvalue weighted by Gasteiger charge is -2.34.